The molecule has 1 saturated carbocycles. The van der Waals surface area contributed by atoms with Crippen LogP contribution < -0.4 is 5.73 Å². The summed E-state index contributed by atoms with van der Waals surface area (Å²) in [5, 5.41) is 0. The fraction of sp³-hybridized carbons (Fsp3) is 0.636. The molecule has 0 unspecified atom stereocenters. The van der Waals surface area contributed by atoms with Gasteiger partial charge in [0, 0.05) is 23.0 Å². The molecule has 0 bridgehead atoms. The molecule has 2 N–H and O–H groups in total. The van der Waals surface area contributed by atoms with Crippen molar-refractivity contribution in [3.05, 3.63) is 23.8 Å². The van der Waals surface area contributed by atoms with Crippen molar-refractivity contribution in [2.75, 3.05) is 0 Å². The first kappa shape index (κ1) is 9.59. The lowest BCUT2D eigenvalue weighted by atomic mass is 9.77. The molecule has 76 valence electrons. The minimum atomic E-state index is -0.163. The van der Waals surface area contributed by atoms with Crippen LogP contribution in [0.15, 0.2) is 12.5 Å². The lowest BCUT2D eigenvalue weighted by Crippen LogP contribution is -2.39. The topological polar surface area (TPSA) is 51.8 Å². The second-order valence-electron chi connectivity index (χ2n) is 4.24. The molecule has 0 spiro atoms. The minimum absolute atomic E-state index is 0.163. The van der Waals surface area contributed by atoms with E-state index in [0.29, 0.717) is 0 Å². The summed E-state index contributed by atoms with van der Waals surface area (Å²) in [6.45, 7) is 2.01. The fourth-order valence-electron chi connectivity index (χ4n) is 2.33. The van der Waals surface area contributed by atoms with Gasteiger partial charge >= 0.3 is 0 Å². The second-order valence-corrected chi connectivity index (χ2v) is 4.24. The lowest BCUT2D eigenvalue weighted by Gasteiger charge is -2.34. The number of rotatable bonds is 1. The molecule has 0 radical (unpaired) electrons. The van der Waals surface area contributed by atoms with Gasteiger partial charge < -0.3 is 5.73 Å². The Balaban J connectivity index is 2.32. The van der Waals surface area contributed by atoms with E-state index < -0.39 is 0 Å². The van der Waals surface area contributed by atoms with Crippen molar-refractivity contribution < 1.29 is 0 Å². The summed E-state index contributed by atoms with van der Waals surface area (Å²) in [5.41, 5.74) is 8.41. The van der Waals surface area contributed by atoms with E-state index in [2.05, 4.69) is 9.97 Å². The van der Waals surface area contributed by atoms with Gasteiger partial charge in [-0.25, -0.2) is 9.97 Å². The van der Waals surface area contributed by atoms with Crippen molar-refractivity contribution in [2.45, 2.75) is 44.6 Å². The molecule has 1 heterocycles. The third-order valence-corrected chi connectivity index (χ3v) is 3.19. The number of nitrogens with two attached hydrogens (primary N) is 1. The smallest absolute Gasteiger partial charge is 0.115 e. The monoisotopic (exact) mass is 191 g/mol. The maximum absolute atomic E-state index is 6.40. The minimum Gasteiger partial charge on any atom is -0.321 e. The molecular weight excluding hydrogens is 174 g/mol. The zero-order chi connectivity index (χ0) is 10.0. The molecule has 0 aromatic carbocycles. The Kier molecular flexibility index (Phi) is 2.50. The first-order chi connectivity index (χ1) is 6.72. The fourth-order valence-corrected chi connectivity index (χ4v) is 2.33. The number of aryl methyl sites for hydroxylation is 1. The van der Waals surface area contributed by atoms with E-state index in [-0.39, 0.29) is 5.54 Å². The van der Waals surface area contributed by atoms with Crippen LogP contribution in [0.1, 0.15) is 43.4 Å². The van der Waals surface area contributed by atoms with Gasteiger partial charge in [0.25, 0.3) is 0 Å². The molecule has 3 nitrogen and oxygen atoms in total. The highest BCUT2D eigenvalue weighted by Crippen LogP contribution is 2.35. The van der Waals surface area contributed by atoms with E-state index in [1.807, 2.05) is 13.1 Å². The van der Waals surface area contributed by atoms with Gasteiger partial charge in [0.05, 0.1) is 0 Å². The highest BCUT2D eigenvalue weighted by molar-refractivity contribution is 5.24. The molecular formula is C11H17N3. The first-order valence-corrected chi connectivity index (χ1v) is 5.28. The highest BCUT2D eigenvalue weighted by Gasteiger charge is 2.31. The van der Waals surface area contributed by atoms with Crippen LogP contribution in [0.4, 0.5) is 0 Å². The van der Waals surface area contributed by atoms with E-state index in [1.165, 1.54) is 19.3 Å². The van der Waals surface area contributed by atoms with Crippen molar-refractivity contribution in [3.63, 3.8) is 0 Å². The SMILES string of the molecule is Cc1ncncc1C1(N)CCCCC1. The van der Waals surface area contributed by atoms with E-state index >= 15 is 0 Å². The van der Waals surface area contributed by atoms with Gasteiger partial charge in [-0.05, 0) is 19.8 Å². The predicted molar refractivity (Wildman–Crippen MR) is 55.7 cm³/mol. The Morgan fingerprint density at radius 1 is 1.29 bits per heavy atom. The van der Waals surface area contributed by atoms with Gasteiger partial charge in [0.2, 0.25) is 0 Å². The number of hydrogen-bond donors (Lipinski definition) is 1. The Bertz CT molecular complexity index is 316. The third kappa shape index (κ3) is 1.64. The third-order valence-electron chi connectivity index (χ3n) is 3.19. The average molecular weight is 191 g/mol. The Hall–Kier alpha value is -0.960. The van der Waals surface area contributed by atoms with Gasteiger partial charge in [-0.2, -0.15) is 0 Å². The van der Waals surface area contributed by atoms with Crippen molar-refractivity contribution >= 4 is 0 Å². The molecule has 1 aliphatic carbocycles. The van der Waals surface area contributed by atoms with Gasteiger partial charge in [-0.15, -0.1) is 0 Å². The predicted octanol–water partition coefficient (Wildman–Crippen LogP) is 1.90. The summed E-state index contributed by atoms with van der Waals surface area (Å²) < 4.78 is 0. The maximum Gasteiger partial charge on any atom is 0.115 e. The molecule has 0 amide bonds. The molecule has 0 atom stereocenters. The van der Waals surface area contributed by atoms with Crippen LogP contribution in [0.5, 0.6) is 0 Å². The van der Waals surface area contributed by atoms with Crippen LogP contribution in [0.25, 0.3) is 0 Å². The van der Waals surface area contributed by atoms with Crippen LogP contribution in [0, 0.1) is 6.92 Å². The summed E-state index contributed by atoms with van der Waals surface area (Å²) in [7, 11) is 0. The quantitative estimate of drug-likeness (QED) is 0.737. The van der Waals surface area contributed by atoms with Crippen molar-refractivity contribution in [1.82, 2.24) is 9.97 Å². The largest absolute Gasteiger partial charge is 0.321 e. The number of nitrogens with zero attached hydrogens (tertiary/aromatic N) is 2. The molecule has 1 fully saturated rings. The molecule has 0 aliphatic heterocycles. The van der Waals surface area contributed by atoms with Gasteiger partial charge in [-0.1, -0.05) is 19.3 Å². The van der Waals surface area contributed by atoms with Crippen molar-refractivity contribution in [1.29, 1.82) is 0 Å². The van der Waals surface area contributed by atoms with E-state index in [0.717, 1.165) is 24.1 Å². The van der Waals surface area contributed by atoms with Crippen LogP contribution in [0.2, 0.25) is 0 Å². The van der Waals surface area contributed by atoms with Crippen LogP contribution in [-0.2, 0) is 5.54 Å². The van der Waals surface area contributed by atoms with Gasteiger partial charge in [-0.3, -0.25) is 0 Å². The van der Waals surface area contributed by atoms with Crippen molar-refractivity contribution in [3.8, 4) is 0 Å². The Morgan fingerprint density at radius 3 is 2.64 bits per heavy atom. The molecule has 1 aromatic heterocycles. The second kappa shape index (κ2) is 3.65. The Labute approximate surface area is 84.8 Å². The standard InChI is InChI=1S/C11H17N3/c1-9-10(7-13-8-14-9)11(12)5-3-2-4-6-11/h7-8H,2-6,12H2,1H3. The van der Waals surface area contributed by atoms with Crippen LogP contribution >= 0.6 is 0 Å². The van der Waals surface area contributed by atoms with Gasteiger partial charge in [0.1, 0.15) is 6.33 Å². The zero-order valence-corrected chi connectivity index (χ0v) is 8.66. The maximum atomic E-state index is 6.40. The van der Waals surface area contributed by atoms with E-state index in [4.69, 9.17) is 5.73 Å². The summed E-state index contributed by atoms with van der Waals surface area (Å²) in [5.74, 6) is 0. The van der Waals surface area contributed by atoms with E-state index in [9.17, 15) is 0 Å². The molecule has 1 aliphatic rings. The number of hydrogen-bond acceptors (Lipinski definition) is 3. The summed E-state index contributed by atoms with van der Waals surface area (Å²) in [4.78, 5) is 8.28. The van der Waals surface area contributed by atoms with Crippen LogP contribution in [-0.4, -0.2) is 9.97 Å². The summed E-state index contributed by atoms with van der Waals surface area (Å²) in [6, 6.07) is 0. The molecule has 14 heavy (non-hydrogen) atoms. The average Bonchev–Trinajstić information content (AvgIpc) is 2.19. The van der Waals surface area contributed by atoms with E-state index in [1.54, 1.807) is 6.33 Å². The molecule has 1 aromatic rings. The lowest BCUT2D eigenvalue weighted by molar-refractivity contribution is 0.299. The van der Waals surface area contributed by atoms with Gasteiger partial charge in [0.15, 0.2) is 0 Å². The van der Waals surface area contributed by atoms with Crippen molar-refractivity contribution in [2.24, 2.45) is 5.73 Å². The molecule has 3 heteroatoms. The zero-order valence-electron chi connectivity index (χ0n) is 8.66. The number of aromatic nitrogens is 2. The molecule has 2 rings (SSSR count). The summed E-state index contributed by atoms with van der Waals surface area (Å²) in [6.07, 6.45) is 9.38. The summed E-state index contributed by atoms with van der Waals surface area (Å²) >= 11 is 0. The highest BCUT2D eigenvalue weighted by atomic mass is 14.9. The normalized spacial score (nSPS) is 20.7. The molecule has 0 saturated heterocycles. The Morgan fingerprint density at radius 2 is 2.00 bits per heavy atom. The first-order valence-electron chi connectivity index (χ1n) is 5.28. The van der Waals surface area contributed by atoms with Crippen LogP contribution in [0.3, 0.4) is 0 Å².